The van der Waals surface area contributed by atoms with E-state index in [-0.39, 0.29) is 12.0 Å². The van der Waals surface area contributed by atoms with Crippen LogP contribution in [0.5, 0.6) is 0 Å². The van der Waals surface area contributed by atoms with Crippen molar-refractivity contribution >= 4 is 5.91 Å². The number of amides is 1. The Morgan fingerprint density at radius 1 is 1.40 bits per heavy atom. The molecule has 1 amide bonds. The smallest absolute Gasteiger partial charge is 0.234 e. The summed E-state index contributed by atoms with van der Waals surface area (Å²) in [6, 6.07) is 8.15. The Morgan fingerprint density at radius 2 is 2.10 bits per heavy atom. The summed E-state index contributed by atoms with van der Waals surface area (Å²) in [7, 11) is 0. The van der Waals surface area contributed by atoms with E-state index in [0.717, 1.165) is 18.5 Å². The number of benzene rings is 1. The van der Waals surface area contributed by atoms with Crippen LogP contribution in [0.25, 0.3) is 0 Å². The van der Waals surface area contributed by atoms with Gasteiger partial charge in [0.15, 0.2) is 0 Å². The fourth-order valence-corrected chi connectivity index (χ4v) is 2.42. The first-order valence-electron chi connectivity index (χ1n) is 7.27. The van der Waals surface area contributed by atoms with Gasteiger partial charge >= 0.3 is 0 Å². The van der Waals surface area contributed by atoms with Gasteiger partial charge in [0.1, 0.15) is 0 Å². The van der Waals surface area contributed by atoms with Crippen molar-refractivity contribution in [3.63, 3.8) is 0 Å². The van der Waals surface area contributed by atoms with Crippen molar-refractivity contribution in [1.82, 2.24) is 10.2 Å². The number of hydrogen-bond donors (Lipinski definition) is 2. The Labute approximate surface area is 120 Å². The van der Waals surface area contributed by atoms with E-state index in [0.29, 0.717) is 25.6 Å². The van der Waals surface area contributed by atoms with E-state index < -0.39 is 0 Å². The lowest BCUT2D eigenvalue weighted by atomic mass is 9.96. The number of likely N-dealkylation sites (tertiary alicyclic amines) is 1. The highest BCUT2D eigenvalue weighted by Crippen LogP contribution is 2.16. The number of rotatable bonds is 4. The number of nitrogens with one attached hydrogen (secondary N) is 1. The molecule has 2 unspecified atom stereocenters. The zero-order valence-corrected chi connectivity index (χ0v) is 12.3. The summed E-state index contributed by atoms with van der Waals surface area (Å²) in [5.41, 5.74) is 2.33. The standard InChI is InChI=1S/C16H24N2O2/c1-12-3-5-14(6-4-12)9-17-16(20)11-18-8-7-13(2)15(19)10-18/h3-6,13,15,19H,7-11H2,1-2H3,(H,17,20). The summed E-state index contributed by atoms with van der Waals surface area (Å²) in [6.45, 7) is 6.52. The number of nitrogens with zero attached hydrogens (tertiary/aromatic N) is 1. The lowest BCUT2D eigenvalue weighted by Gasteiger charge is -2.33. The number of carbonyl (C=O) groups is 1. The van der Waals surface area contributed by atoms with Crippen molar-refractivity contribution in [2.75, 3.05) is 19.6 Å². The molecule has 1 aromatic rings. The monoisotopic (exact) mass is 276 g/mol. The molecule has 2 N–H and O–H groups in total. The molecule has 110 valence electrons. The van der Waals surface area contributed by atoms with Crippen molar-refractivity contribution in [2.24, 2.45) is 5.92 Å². The Balaban J connectivity index is 1.74. The summed E-state index contributed by atoms with van der Waals surface area (Å²) in [6.07, 6.45) is 0.639. The van der Waals surface area contributed by atoms with Crippen molar-refractivity contribution in [2.45, 2.75) is 32.9 Å². The van der Waals surface area contributed by atoms with Gasteiger partial charge in [-0.05, 0) is 31.4 Å². The van der Waals surface area contributed by atoms with Gasteiger partial charge in [-0.2, -0.15) is 0 Å². The third-order valence-electron chi connectivity index (χ3n) is 3.98. The zero-order chi connectivity index (χ0) is 14.5. The van der Waals surface area contributed by atoms with Gasteiger partial charge in [0.2, 0.25) is 5.91 Å². The number of carbonyl (C=O) groups excluding carboxylic acids is 1. The van der Waals surface area contributed by atoms with E-state index in [9.17, 15) is 9.90 Å². The van der Waals surface area contributed by atoms with E-state index in [1.807, 2.05) is 36.1 Å². The normalized spacial score (nSPS) is 23.6. The fraction of sp³-hybridized carbons (Fsp3) is 0.562. The maximum absolute atomic E-state index is 11.9. The molecule has 0 radical (unpaired) electrons. The molecule has 4 heteroatoms. The summed E-state index contributed by atoms with van der Waals surface area (Å²) in [5.74, 6) is 0.356. The molecule has 0 bridgehead atoms. The molecule has 1 aliphatic heterocycles. The van der Waals surface area contributed by atoms with Gasteiger partial charge in [-0.1, -0.05) is 36.8 Å². The number of hydrogen-bond acceptors (Lipinski definition) is 3. The topological polar surface area (TPSA) is 52.6 Å². The molecule has 0 aliphatic carbocycles. The van der Waals surface area contributed by atoms with Gasteiger partial charge in [-0.3, -0.25) is 9.69 Å². The fourth-order valence-electron chi connectivity index (χ4n) is 2.42. The Bertz CT molecular complexity index is 444. The molecule has 0 aromatic heterocycles. The molecular formula is C16H24N2O2. The van der Waals surface area contributed by atoms with Crippen molar-refractivity contribution < 1.29 is 9.90 Å². The minimum absolute atomic E-state index is 0.0207. The number of aliphatic hydroxyl groups is 1. The van der Waals surface area contributed by atoms with Crippen molar-refractivity contribution in [3.05, 3.63) is 35.4 Å². The SMILES string of the molecule is Cc1ccc(CNC(=O)CN2CCC(C)C(O)C2)cc1. The highest BCUT2D eigenvalue weighted by atomic mass is 16.3. The van der Waals surface area contributed by atoms with E-state index in [1.54, 1.807) is 0 Å². The van der Waals surface area contributed by atoms with Crippen LogP contribution in [0.2, 0.25) is 0 Å². The molecule has 1 saturated heterocycles. The van der Waals surface area contributed by atoms with Gasteiger partial charge in [0.25, 0.3) is 0 Å². The highest BCUT2D eigenvalue weighted by molar-refractivity contribution is 5.78. The second-order valence-electron chi connectivity index (χ2n) is 5.83. The van der Waals surface area contributed by atoms with E-state index >= 15 is 0 Å². The first-order chi connectivity index (χ1) is 9.54. The Morgan fingerprint density at radius 3 is 2.75 bits per heavy atom. The van der Waals surface area contributed by atoms with E-state index in [4.69, 9.17) is 0 Å². The third kappa shape index (κ3) is 4.32. The first kappa shape index (κ1) is 15.0. The van der Waals surface area contributed by atoms with Crippen molar-refractivity contribution in [1.29, 1.82) is 0 Å². The molecule has 1 fully saturated rings. The van der Waals surface area contributed by atoms with Gasteiger partial charge in [-0.15, -0.1) is 0 Å². The summed E-state index contributed by atoms with van der Waals surface area (Å²) < 4.78 is 0. The van der Waals surface area contributed by atoms with Crippen LogP contribution in [0.1, 0.15) is 24.5 Å². The second-order valence-corrected chi connectivity index (χ2v) is 5.83. The zero-order valence-electron chi connectivity index (χ0n) is 12.3. The highest BCUT2D eigenvalue weighted by Gasteiger charge is 2.25. The van der Waals surface area contributed by atoms with Gasteiger partial charge in [-0.25, -0.2) is 0 Å². The predicted molar refractivity (Wildman–Crippen MR) is 79.3 cm³/mol. The summed E-state index contributed by atoms with van der Waals surface area (Å²) >= 11 is 0. The molecule has 1 aliphatic rings. The molecule has 2 atom stereocenters. The number of aliphatic hydroxyl groups excluding tert-OH is 1. The summed E-state index contributed by atoms with van der Waals surface area (Å²) in [5, 5.41) is 12.8. The number of piperidine rings is 1. The van der Waals surface area contributed by atoms with Crippen molar-refractivity contribution in [3.8, 4) is 0 Å². The van der Waals surface area contributed by atoms with Crippen LogP contribution in [-0.2, 0) is 11.3 Å². The molecule has 1 heterocycles. The molecule has 1 aromatic carbocycles. The third-order valence-corrected chi connectivity index (χ3v) is 3.98. The minimum Gasteiger partial charge on any atom is -0.392 e. The van der Waals surface area contributed by atoms with Crippen LogP contribution in [0.3, 0.4) is 0 Å². The predicted octanol–water partition coefficient (Wildman–Crippen LogP) is 1.31. The minimum atomic E-state index is -0.311. The molecule has 4 nitrogen and oxygen atoms in total. The maximum atomic E-state index is 11.9. The average molecular weight is 276 g/mol. The maximum Gasteiger partial charge on any atom is 0.234 e. The second kappa shape index (κ2) is 6.86. The van der Waals surface area contributed by atoms with Crippen LogP contribution in [0.15, 0.2) is 24.3 Å². The van der Waals surface area contributed by atoms with Crippen LogP contribution < -0.4 is 5.32 Å². The molecule has 0 spiro atoms. The number of aryl methyl sites for hydroxylation is 1. The summed E-state index contributed by atoms with van der Waals surface area (Å²) in [4.78, 5) is 13.9. The lowest BCUT2D eigenvalue weighted by molar-refractivity contribution is -0.123. The molecule has 0 saturated carbocycles. The number of β-amino-alcohol motifs (C(OH)–C–C–N with tert-alkyl or cyclic N) is 1. The Kier molecular flexibility index (Phi) is 5.15. The lowest BCUT2D eigenvalue weighted by Crippen LogP contribution is -2.46. The largest absolute Gasteiger partial charge is 0.392 e. The molecular weight excluding hydrogens is 252 g/mol. The van der Waals surface area contributed by atoms with Gasteiger partial charge < -0.3 is 10.4 Å². The van der Waals surface area contributed by atoms with E-state index in [1.165, 1.54) is 5.56 Å². The van der Waals surface area contributed by atoms with E-state index in [2.05, 4.69) is 12.2 Å². The average Bonchev–Trinajstić information content (AvgIpc) is 2.42. The van der Waals surface area contributed by atoms with Crippen LogP contribution in [-0.4, -0.2) is 41.7 Å². The van der Waals surface area contributed by atoms with Crippen LogP contribution in [0.4, 0.5) is 0 Å². The van der Waals surface area contributed by atoms with Crippen LogP contribution in [0, 0.1) is 12.8 Å². The van der Waals surface area contributed by atoms with Crippen LogP contribution >= 0.6 is 0 Å². The molecule has 2 rings (SSSR count). The van der Waals surface area contributed by atoms with Gasteiger partial charge in [0, 0.05) is 13.1 Å². The quantitative estimate of drug-likeness (QED) is 0.872. The van der Waals surface area contributed by atoms with Gasteiger partial charge in [0.05, 0.1) is 12.6 Å². The Hall–Kier alpha value is -1.39. The molecule has 20 heavy (non-hydrogen) atoms. The first-order valence-corrected chi connectivity index (χ1v) is 7.27.